The Hall–Kier alpha value is -0.990. The van der Waals surface area contributed by atoms with E-state index in [0.717, 1.165) is 6.42 Å². The second-order valence-corrected chi connectivity index (χ2v) is 2.50. The highest BCUT2D eigenvalue weighted by atomic mass is 16.5. The van der Waals surface area contributed by atoms with Crippen LogP contribution in [-0.4, -0.2) is 17.7 Å². The number of ether oxygens (including phenoxy) is 1. The molecule has 1 aliphatic carbocycles. The van der Waals surface area contributed by atoms with Crippen LogP contribution in [0.4, 0.5) is 0 Å². The summed E-state index contributed by atoms with van der Waals surface area (Å²) in [6.07, 6.45) is 2.14. The van der Waals surface area contributed by atoms with Gasteiger partial charge in [-0.15, -0.1) is 0 Å². The number of hydrogen-bond donors (Lipinski definition) is 1. The molecule has 0 aromatic carbocycles. The van der Waals surface area contributed by atoms with Crippen LogP contribution in [-0.2, 0) is 9.53 Å². The fraction of sp³-hybridized carbons (Fsp3) is 0.700. The topological polar surface area (TPSA) is 46.5 Å². The molecule has 0 fully saturated rings. The maximum Gasteiger partial charge on any atom is 0.337 e. The van der Waals surface area contributed by atoms with E-state index >= 15 is 0 Å². The molecule has 13 heavy (non-hydrogen) atoms. The summed E-state index contributed by atoms with van der Waals surface area (Å²) in [7, 11) is 0. The smallest absolute Gasteiger partial charge is 0.337 e. The van der Waals surface area contributed by atoms with Gasteiger partial charge in [0.25, 0.3) is 0 Å². The monoisotopic (exact) mass is 186 g/mol. The number of carbonyl (C=O) groups is 1. The maximum absolute atomic E-state index is 11.0. The summed E-state index contributed by atoms with van der Waals surface area (Å²) in [6, 6.07) is 0. The van der Waals surface area contributed by atoms with E-state index in [9.17, 15) is 4.79 Å². The van der Waals surface area contributed by atoms with Crippen LogP contribution < -0.4 is 0 Å². The van der Waals surface area contributed by atoms with Gasteiger partial charge < -0.3 is 9.84 Å². The fourth-order valence-electron chi connectivity index (χ4n) is 1.17. The summed E-state index contributed by atoms with van der Waals surface area (Å²) in [4.78, 5) is 11.0. The van der Waals surface area contributed by atoms with Crippen LogP contribution in [0, 0.1) is 0 Å². The molecular formula is C10H18O3. The summed E-state index contributed by atoms with van der Waals surface area (Å²) in [6.45, 7) is 6.13. The number of esters is 1. The van der Waals surface area contributed by atoms with Crippen LogP contribution >= 0.6 is 0 Å². The van der Waals surface area contributed by atoms with Crippen LogP contribution in [0.2, 0.25) is 0 Å². The number of hydrogen-bond acceptors (Lipinski definition) is 3. The van der Waals surface area contributed by atoms with E-state index in [1.165, 1.54) is 0 Å². The van der Waals surface area contributed by atoms with Crippen LogP contribution in [0.5, 0.6) is 0 Å². The predicted octanol–water partition coefficient (Wildman–Crippen LogP) is 2.57. The molecule has 0 spiro atoms. The standard InChI is InChI=1S/C8H12O3.C2H6/c1-2-11-8(10)6-4-3-5-7(6)9;1-2/h9H,2-5H2,1H3;1-2H3. The van der Waals surface area contributed by atoms with Crippen LogP contribution in [0.25, 0.3) is 0 Å². The van der Waals surface area contributed by atoms with Gasteiger partial charge in [-0.1, -0.05) is 13.8 Å². The molecule has 0 amide bonds. The Balaban J connectivity index is 0.000000671. The third-order valence-corrected chi connectivity index (χ3v) is 1.71. The Bertz CT molecular complexity index is 194. The summed E-state index contributed by atoms with van der Waals surface area (Å²) in [5.74, 6) is -0.147. The minimum absolute atomic E-state index is 0.212. The molecule has 1 rings (SSSR count). The molecule has 0 aromatic heterocycles. The molecule has 0 unspecified atom stereocenters. The molecule has 0 atom stereocenters. The largest absolute Gasteiger partial charge is 0.512 e. The molecule has 0 aromatic rings. The molecule has 0 bridgehead atoms. The van der Waals surface area contributed by atoms with Crippen molar-refractivity contribution in [2.75, 3.05) is 6.61 Å². The molecular weight excluding hydrogens is 168 g/mol. The Kier molecular flexibility index (Phi) is 6.02. The van der Waals surface area contributed by atoms with Crippen LogP contribution in [0.15, 0.2) is 11.3 Å². The molecule has 0 radical (unpaired) electrons. The molecule has 0 saturated heterocycles. The maximum atomic E-state index is 11.0. The third kappa shape index (κ3) is 3.49. The first-order chi connectivity index (χ1) is 6.25. The van der Waals surface area contributed by atoms with Crippen molar-refractivity contribution in [3.8, 4) is 0 Å². The van der Waals surface area contributed by atoms with Crippen LogP contribution in [0.1, 0.15) is 40.0 Å². The molecule has 76 valence electrons. The van der Waals surface area contributed by atoms with Crippen LogP contribution in [0.3, 0.4) is 0 Å². The Labute approximate surface area is 79.4 Å². The zero-order valence-corrected chi connectivity index (χ0v) is 8.59. The van der Waals surface area contributed by atoms with E-state index in [1.807, 2.05) is 13.8 Å². The lowest BCUT2D eigenvalue weighted by atomic mass is 10.2. The Morgan fingerprint density at radius 1 is 1.46 bits per heavy atom. The van der Waals surface area contributed by atoms with E-state index < -0.39 is 0 Å². The fourth-order valence-corrected chi connectivity index (χ4v) is 1.17. The first-order valence-corrected chi connectivity index (χ1v) is 4.83. The third-order valence-electron chi connectivity index (χ3n) is 1.71. The second-order valence-electron chi connectivity index (χ2n) is 2.50. The zero-order chi connectivity index (χ0) is 10.3. The normalized spacial score (nSPS) is 15.0. The average Bonchev–Trinajstić information content (AvgIpc) is 2.55. The summed E-state index contributed by atoms with van der Waals surface area (Å²) in [5, 5.41) is 9.16. The van der Waals surface area contributed by atoms with Gasteiger partial charge in [-0.25, -0.2) is 4.79 Å². The lowest BCUT2D eigenvalue weighted by Crippen LogP contribution is -2.07. The number of allylic oxidation sites excluding steroid dienone is 1. The minimum Gasteiger partial charge on any atom is -0.512 e. The van der Waals surface area contributed by atoms with E-state index in [4.69, 9.17) is 9.84 Å². The van der Waals surface area contributed by atoms with Gasteiger partial charge >= 0.3 is 5.97 Å². The van der Waals surface area contributed by atoms with E-state index in [2.05, 4.69) is 0 Å². The summed E-state index contributed by atoms with van der Waals surface area (Å²) < 4.78 is 4.74. The lowest BCUT2D eigenvalue weighted by molar-refractivity contribution is -0.138. The highest BCUT2D eigenvalue weighted by molar-refractivity contribution is 5.89. The van der Waals surface area contributed by atoms with Gasteiger partial charge in [0.05, 0.1) is 12.2 Å². The van der Waals surface area contributed by atoms with Crippen molar-refractivity contribution >= 4 is 5.97 Å². The van der Waals surface area contributed by atoms with Crippen molar-refractivity contribution in [2.24, 2.45) is 0 Å². The van der Waals surface area contributed by atoms with Gasteiger partial charge in [0.2, 0.25) is 0 Å². The quantitative estimate of drug-likeness (QED) is 0.674. The van der Waals surface area contributed by atoms with E-state index in [-0.39, 0.29) is 11.7 Å². The van der Waals surface area contributed by atoms with Gasteiger partial charge in [0.1, 0.15) is 5.76 Å². The molecule has 0 saturated carbocycles. The van der Waals surface area contributed by atoms with Gasteiger partial charge in [0.15, 0.2) is 0 Å². The van der Waals surface area contributed by atoms with Crippen molar-refractivity contribution in [3.05, 3.63) is 11.3 Å². The lowest BCUT2D eigenvalue weighted by Gasteiger charge is -2.01. The molecule has 1 aliphatic rings. The molecule has 1 N–H and O–H groups in total. The van der Waals surface area contributed by atoms with Crippen molar-refractivity contribution in [3.63, 3.8) is 0 Å². The van der Waals surface area contributed by atoms with E-state index in [0.29, 0.717) is 25.0 Å². The number of aliphatic hydroxyl groups excluding tert-OH is 1. The van der Waals surface area contributed by atoms with Gasteiger partial charge in [0, 0.05) is 6.42 Å². The van der Waals surface area contributed by atoms with Crippen molar-refractivity contribution in [1.82, 2.24) is 0 Å². The SMILES string of the molecule is CC.CCOC(=O)C1=C(O)CCC1. The number of aliphatic hydroxyl groups is 1. The molecule has 0 aliphatic heterocycles. The average molecular weight is 186 g/mol. The summed E-state index contributed by atoms with van der Waals surface area (Å²) in [5.41, 5.74) is 0.465. The first kappa shape index (κ1) is 12.0. The molecule has 0 heterocycles. The first-order valence-electron chi connectivity index (χ1n) is 4.83. The second kappa shape index (κ2) is 6.52. The highest BCUT2D eigenvalue weighted by Gasteiger charge is 2.20. The Morgan fingerprint density at radius 3 is 2.46 bits per heavy atom. The van der Waals surface area contributed by atoms with Gasteiger partial charge in [-0.2, -0.15) is 0 Å². The van der Waals surface area contributed by atoms with Crippen molar-refractivity contribution in [2.45, 2.75) is 40.0 Å². The van der Waals surface area contributed by atoms with Crippen molar-refractivity contribution in [1.29, 1.82) is 0 Å². The number of rotatable bonds is 2. The molecule has 3 heteroatoms. The molecule has 3 nitrogen and oxygen atoms in total. The zero-order valence-electron chi connectivity index (χ0n) is 8.59. The van der Waals surface area contributed by atoms with Gasteiger partial charge in [-0.3, -0.25) is 0 Å². The predicted molar refractivity (Wildman–Crippen MR) is 51.5 cm³/mol. The van der Waals surface area contributed by atoms with E-state index in [1.54, 1.807) is 6.92 Å². The number of carbonyl (C=O) groups excluding carboxylic acids is 1. The van der Waals surface area contributed by atoms with Gasteiger partial charge in [-0.05, 0) is 19.8 Å². The highest BCUT2D eigenvalue weighted by Crippen LogP contribution is 2.24. The Morgan fingerprint density at radius 2 is 2.08 bits per heavy atom. The minimum atomic E-state index is -0.359. The summed E-state index contributed by atoms with van der Waals surface area (Å²) >= 11 is 0. The van der Waals surface area contributed by atoms with Crippen molar-refractivity contribution < 1.29 is 14.6 Å².